The van der Waals surface area contributed by atoms with Crippen LogP contribution in [0, 0.1) is 5.92 Å². The van der Waals surface area contributed by atoms with Crippen LogP contribution in [-0.2, 0) is 21.3 Å². The smallest absolute Gasteiger partial charge is 0.243 e. The number of sulfonamides is 1. The van der Waals surface area contributed by atoms with E-state index in [0.717, 1.165) is 31.9 Å². The normalized spacial score (nSPS) is 26.6. The lowest BCUT2D eigenvalue weighted by molar-refractivity contribution is 0.0524. The summed E-state index contributed by atoms with van der Waals surface area (Å²) in [7, 11) is -3.38. The van der Waals surface area contributed by atoms with Gasteiger partial charge in [0.05, 0.1) is 18.1 Å². The molecule has 27 heavy (non-hydrogen) atoms. The number of ether oxygens (including phenoxy) is 1. The maximum absolute atomic E-state index is 12.6. The van der Waals surface area contributed by atoms with E-state index in [2.05, 4.69) is 10.6 Å². The highest BCUT2D eigenvalue weighted by molar-refractivity contribution is 7.89. The molecule has 0 spiro atoms. The molecule has 0 aromatic heterocycles. The topological polar surface area (TPSA) is 70.7 Å². The highest BCUT2D eigenvalue weighted by atomic mass is 32.2. The fourth-order valence-corrected chi connectivity index (χ4v) is 5.78. The summed E-state index contributed by atoms with van der Waals surface area (Å²) >= 11 is 0. The Balaban J connectivity index is 1.58. The Bertz CT molecular complexity index is 683. The van der Waals surface area contributed by atoms with Crippen molar-refractivity contribution in [2.45, 2.75) is 56.6 Å². The van der Waals surface area contributed by atoms with Gasteiger partial charge in [0.2, 0.25) is 10.0 Å². The molecule has 2 fully saturated rings. The van der Waals surface area contributed by atoms with Gasteiger partial charge in [0, 0.05) is 38.3 Å². The standard InChI is InChI=1S/C20H33N3O3S/c1-3-23(4-2)27(24,25)17-10-8-16(9-11-17)14-22-19-7-5-6-18(19)20-15-26-13-12-21-20/h8-11,18-22H,3-7,12-15H2,1-2H3. The second-order valence-corrected chi connectivity index (χ2v) is 9.39. The number of hydrogen-bond acceptors (Lipinski definition) is 5. The lowest BCUT2D eigenvalue weighted by atomic mass is 9.94. The Hall–Kier alpha value is -0.990. The molecule has 1 aromatic rings. The molecular weight excluding hydrogens is 362 g/mol. The van der Waals surface area contributed by atoms with Gasteiger partial charge in [-0.15, -0.1) is 0 Å². The minimum absolute atomic E-state index is 0.372. The molecule has 7 heteroatoms. The molecule has 1 heterocycles. The number of nitrogens with zero attached hydrogens (tertiary/aromatic N) is 1. The zero-order valence-electron chi connectivity index (χ0n) is 16.5. The van der Waals surface area contributed by atoms with Crippen molar-refractivity contribution >= 4 is 10.0 Å². The van der Waals surface area contributed by atoms with Crippen LogP contribution in [0.5, 0.6) is 0 Å². The van der Waals surface area contributed by atoms with E-state index >= 15 is 0 Å². The van der Waals surface area contributed by atoms with Crippen molar-refractivity contribution in [3.8, 4) is 0 Å². The minimum atomic E-state index is -3.38. The molecule has 152 valence electrons. The lowest BCUT2D eigenvalue weighted by Crippen LogP contribution is -2.50. The van der Waals surface area contributed by atoms with Crippen LogP contribution in [0.1, 0.15) is 38.7 Å². The lowest BCUT2D eigenvalue weighted by Gasteiger charge is -2.33. The summed E-state index contributed by atoms with van der Waals surface area (Å²) < 4.78 is 32.3. The molecule has 3 unspecified atom stereocenters. The average molecular weight is 396 g/mol. The van der Waals surface area contributed by atoms with Crippen molar-refractivity contribution in [2.75, 3.05) is 32.8 Å². The summed E-state index contributed by atoms with van der Waals surface area (Å²) in [6.45, 7) is 8.03. The predicted molar refractivity (Wildman–Crippen MR) is 107 cm³/mol. The van der Waals surface area contributed by atoms with E-state index < -0.39 is 10.0 Å². The summed E-state index contributed by atoms with van der Waals surface area (Å²) in [6.07, 6.45) is 3.68. The SMILES string of the molecule is CCN(CC)S(=O)(=O)c1ccc(CNC2CCCC2C2COCCN2)cc1. The average Bonchev–Trinajstić information content (AvgIpc) is 3.17. The van der Waals surface area contributed by atoms with Crippen molar-refractivity contribution in [3.63, 3.8) is 0 Å². The zero-order chi connectivity index (χ0) is 19.3. The zero-order valence-corrected chi connectivity index (χ0v) is 17.3. The highest BCUT2D eigenvalue weighted by Gasteiger charge is 2.34. The van der Waals surface area contributed by atoms with Gasteiger partial charge in [-0.25, -0.2) is 8.42 Å². The fourth-order valence-electron chi connectivity index (χ4n) is 4.33. The van der Waals surface area contributed by atoms with E-state index in [-0.39, 0.29) is 0 Å². The summed E-state index contributed by atoms with van der Waals surface area (Å²) in [6, 6.07) is 8.24. The van der Waals surface area contributed by atoms with Gasteiger partial charge >= 0.3 is 0 Å². The van der Waals surface area contributed by atoms with Crippen molar-refractivity contribution in [3.05, 3.63) is 29.8 Å². The number of morpholine rings is 1. The van der Waals surface area contributed by atoms with E-state index in [1.54, 1.807) is 12.1 Å². The number of nitrogens with one attached hydrogen (secondary N) is 2. The molecule has 1 aromatic carbocycles. The van der Waals surface area contributed by atoms with Gasteiger partial charge in [-0.2, -0.15) is 4.31 Å². The quantitative estimate of drug-likeness (QED) is 0.704. The molecule has 1 saturated carbocycles. The third-order valence-electron chi connectivity index (χ3n) is 5.87. The van der Waals surface area contributed by atoms with E-state index in [4.69, 9.17) is 4.74 Å². The Morgan fingerprint density at radius 3 is 2.56 bits per heavy atom. The first-order valence-electron chi connectivity index (χ1n) is 10.2. The van der Waals surface area contributed by atoms with Crippen LogP contribution < -0.4 is 10.6 Å². The molecule has 3 atom stereocenters. The second kappa shape index (κ2) is 9.47. The van der Waals surface area contributed by atoms with Crippen LogP contribution in [0.2, 0.25) is 0 Å². The van der Waals surface area contributed by atoms with Crippen LogP contribution >= 0.6 is 0 Å². The first kappa shape index (κ1) is 20.7. The van der Waals surface area contributed by atoms with Crippen LogP contribution in [0.15, 0.2) is 29.2 Å². The van der Waals surface area contributed by atoms with Crippen LogP contribution in [-0.4, -0.2) is 57.7 Å². The number of hydrogen-bond donors (Lipinski definition) is 2. The molecule has 1 aliphatic carbocycles. The largest absolute Gasteiger partial charge is 0.379 e. The van der Waals surface area contributed by atoms with Crippen LogP contribution in [0.25, 0.3) is 0 Å². The minimum Gasteiger partial charge on any atom is -0.379 e. The summed E-state index contributed by atoms with van der Waals surface area (Å²) in [4.78, 5) is 0.372. The van der Waals surface area contributed by atoms with Crippen LogP contribution in [0.4, 0.5) is 0 Å². The maximum Gasteiger partial charge on any atom is 0.243 e. The fraction of sp³-hybridized carbons (Fsp3) is 0.700. The predicted octanol–water partition coefficient (Wildman–Crippen LogP) is 1.96. The van der Waals surface area contributed by atoms with E-state index in [1.165, 1.54) is 23.6 Å². The van der Waals surface area contributed by atoms with Gasteiger partial charge < -0.3 is 15.4 Å². The van der Waals surface area contributed by atoms with Crippen LogP contribution in [0.3, 0.4) is 0 Å². The van der Waals surface area contributed by atoms with Gasteiger partial charge in [0.25, 0.3) is 0 Å². The van der Waals surface area contributed by atoms with E-state index in [1.807, 2.05) is 26.0 Å². The van der Waals surface area contributed by atoms with E-state index in [9.17, 15) is 8.42 Å². The molecule has 2 N–H and O–H groups in total. The third-order valence-corrected chi connectivity index (χ3v) is 7.94. The highest BCUT2D eigenvalue weighted by Crippen LogP contribution is 2.29. The maximum atomic E-state index is 12.6. The first-order valence-corrected chi connectivity index (χ1v) is 11.6. The summed E-state index contributed by atoms with van der Waals surface area (Å²) in [5, 5.41) is 7.29. The summed E-state index contributed by atoms with van der Waals surface area (Å²) in [5.41, 5.74) is 1.12. The van der Waals surface area contributed by atoms with Crippen molar-refractivity contribution in [2.24, 2.45) is 5.92 Å². The van der Waals surface area contributed by atoms with E-state index in [0.29, 0.717) is 36.0 Å². The van der Waals surface area contributed by atoms with Crippen molar-refractivity contribution < 1.29 is 13.2 Å². The molecular formula is C20H33N3O3S. The third kappa shape index (κ3) is 4.90. The van der Waals surface area contributed by atoms with Gasteiger partial charge in [-0.1, -0.05) is 32.4 Å². The molecule has 0 radical (unpaired) electrons. The Labute approximate surface area is 163 Å². The molecule has 0 bridgehead atoms. The van der Waals surface area contributed by atoms with Crippen molar-refractivity contribution in [1.29, 1.82) is 0 Å². The second-order valence-electron chi connectivity index (χ2n) is 7.45. The number of benzene rings is 1. The Kier molecular flexibility index (Phi) is 7.28. The van der Waals surface area contributed by atoms with Crippen molar-refractivity contribution in [1.82, 2.24) is 14.9 Å². The molecule has 6 nitrogen and oxygen atoms in total. The molecule has 0 amide bonds. The molecule has 2 aliphatic rings. The summed E-state index contributed by atoms with van der Waals surface area (Å²) in [5.74, 6) is 0.604. The Morgan fingerprint density at radius 1 is 1.19 bits per heavy atom. The monoisotopic (exact) mass is 395 g/mol. The Morgan fingerprint density at radius 2 is 1.93 bits per heavy atom. The first-order chi connectivity index (χ1) is 13.1. The number of rotatable bonds is 8. The molecule has 1 saturated heterocycles. The van der Waals surface area contributed by atoms with Gasteiger partial charge in [0.15, 0.2) is 0 Å². The molecule has 1 aliphatic heterocycles. The van der Waals surface area contributed by atoms with Gasteiger partial charge in [0.1, 0.15) is 0 Å². The van der Waals surface area contributed by atoms with Gasteiger partial charge in [-0.3, -0.25) is 0 Å². The molecule has 3 rings (SSSR count). The van der Waals surface area contributed by atoms with Gasteiger partial charge in [-0.05, 0) is 36.5 Å².